The average molecular weight is 264 g/mol. The fraction of sp³-hybridized carbons (Fsp3) is 0.231. The molecule has 0 aliphatic carbocycles. The van der Waals surface area contributed by atoms with Gasteiger partial charge in [0.25, 0.3) is 0 Å². The van der Waals surface area contributed by atoms with Gasteiger partial charge in [0, 0.05) is 12.6 Å². The van der Waals surface area contributed by atoms with Gasteiger partial charge < -0.3 is 9.47 Å². The van der Waals surface area contributed by atoms with Crippen molar-refractivity contribution in [2.75, 3.05) is 14.2 Å². The largest absolute Gasteiger partial charge is 0.494 e. The number of hydrogen-bond donors (Lipinski definition) is 0. The number of nitrogens with zero attached hydrogens (tertiary/aromatic N) is 2. The van der Waals surface area contributed by atoms with Gasteiger partial charge in [-0.2, -0.15) is 5.10 Å². The number of rotatable bonds is 4. The normalized spacial score (nSPS) is 10.3. The second-order valence-corrected chi connectivity index (χ2v) is 3.86. The highest BCUT2D eigenvalue weighted by Crippen LogP contribution is 2.23. The van der Waals surface area contributed by atoms with Gasteiger partial charge in [0.05, 0.1) is 20.4 Å². The summed E-state index contributed by atoms with van der Waals surface area (Å²) in [5, 5.41) is 3.94. The molecular weight excluding hydrogens is 251 g/mol. The van der Waals surface area contributed by atoms with Crippen LogP contribution in [0.5, 0.6) is 11.5 Å². The SMILES string of the molecule is COc1ccc(C(=O)c2c(OC)cnn2C)cc1F. The van der Waals surface area contributed by atoms with Crippen LogP contribution in [0.1, 0.15) is 16.1 Å². The van der Waals surface area contributed by atoms with Gasteiger partial charge in [-0.3, -0.25) is 9.48 Å². The van der Waals surface area contributed by atoms with E-state index in [0.29, 0.717) is 5.75 Å². The molecule has 0 atom stereocenters. The van der Waals surface area contributed by atoms with Crippen LogP contribution in [0.15, 0.2) is 24.4 Å². The number of aryl methyl sites for hydroxylation is 1. The molecule has 6 heteroatoms. The predicted molar refractivity (Wildman–Crippen MR) is 66.1 cm³/mol. The van der Waals surface area contributed by atoms with E-state index in [1.165, 1.54) is 37.2 Å². The predicted octanol–water partition coefficient (Wildman–Crippen LogP) is 1.81. The van der Waals surface area contributed by atoms with Crippen LogP contribution < -0.4 is 9.47 Å². The third kappa shape index (κ3) is 2.29. The molecule has 100 valence electrons. The van der Waals surface area contributed by atoms with E-state index in [-0.39, 0.29) is 22.8 Å². The molecule has 0 N–H and O–H groups in total. The summed E-state index contributed by atoms with van der Waals surface area (Å²) in [6.07, 6.45) is 1.44. The third-order valence-electron chi connectivity index (χ3n) is 2.75. The van der Waals surface area contributed by atoms with E-state index in [1.54, 1.807) is 7.05 Å². The average Bonchev–Trinajstić information content (AvgIpc) is 2.78. The van der Waals surface area contributed by atoms with Crippen molar-refractivity contribution in [3.05, 3.63) is 41.5 Å². The molecule has 19 heavy (non-hydrogen) atoms. The Bertz CT molecular complexity index is 622. The van der Waals surface area contributed by atoms with Crippen molar-refractivity contribution >= 4 is 5.78 Å². The molecule has 0 aliphatic rings. The standard InChI is InChI=1S/C13H13FN2O3/c1-16-12(11(19-3)7-15-16)13(17)8-4-5-10(18-2)9(14)6-8/h4-7H,1-3H3. The summed E-state index contributed by atoms with van der Waals surface area (Å²) in [5.74, 6) is -0.509. The fourth-order valence-corrected chi connectivity index (χ4v) is 1.77. The molecule has 1 aromatic heterocycles. The summed E-state index contributed by atoms with van der Waals surface area (Å²) in [6.45, 7) is 0. The molecule has 0 bridgehead atoms. The lowest BCUT2D eigenvalue weighted by Gasteiger charge is -2.06. The topological polar surface area (TPSA) is 53.4 Å². The van der Waals surface area contributed by atoms with Gasteiger partial charge in [-0.1, -0.05) is 0 Å². The van der Waals surface area contributed by atoms with Gasteiger partial charge >= 0.3 is 0 Å². The summed E-state index contributed by atoms with van der Waals surface area (Å²) >= 11 is 0. The van der Waals surface area contributed by atoms with Crippen molar-refractivity contribution < 1.29 is 18.7 Å². The molecule has 0 amide bonds. The second kappa shape index (κ2) is 5.09. The Morgan fingerprint density at radius 2 is 1.95 bits per heavy atom. The first-order chi connectivity index (χ1) is 9.08. The summed E-state index contributed by atoms with van der Waals surface area (Å²) in [5.41, 5.74) is 0.479. The minimum atomic E-state index is -0.588. The molecule has 0 saturated heterocycles. The maximum atomic E-state index is 13.6. The van der Waals surface area contributed by atoms with Gasteiger partial charge in [-0.25, -0.2) is 4.39 Å². The molecule has 5 nitrogen and oxygen atoms in total. The molecule has 0 radical (unpaired) electrons. The molecule has 0 fully saturated rings. The van der Waals surface area contributed by atoms with Crippen molar-refractivity contribution in [1.82, 2.24) is 9.78 Å². The number of carbonyl (C=O) groups excluding carboxylic acids is 1. The van der Waals surface area contributed by atoms with Gasteiger partial charge in [-0.15, -0.1) is 0 Å². The zero-order valence-corrected chi connectivity index (χ0v) is 10.8. The van der Waals surface area contributed by atoms with E-state index in [2.05, 4.69) is 5.10 Å². The first-order valence-corrected chi connectivity index (χ1v) is 5.52. The van der Waals surface area contributed by atoms with E-state index >= 15 is 0 Å². The van der Waals surface area contributed by atoms with Crippen molar-refractivity contribution in [2.45, 2.75) is 0 Å². The number of aromatic nitrogens is 2. The van der Waals surface area contributed by atoms with Crippen molar-refractivity contribution in [3.8, 4) is 11.5 Å². The van der Waals surface area contributed by atoms with Gasteiger partial charge in [0.1, 0.15) is 0 Å². The minimum absolute atomic E-state index is 0.0912. The zero-order valence-electron chi connectivity index (χ0n) is 10.8. The first kappa shape index (κ1) is 13.1. The Labute approximate surface area is 109 Å². The highest BCUT2D eigenvalue weighted by molar-refractivity contribution is 6.09. The number of hydrogen-bond acceptors (Lipinski definition) is 4. The van der Waals surface area contributed by atoms with E-state index < -0.39 is 5.82 Å². The van der Waals surface area contributed by atoms with Gasteiger partial charge in [0.15, 0.2) is 23.0 Å². The van der Waals surface area contributed by atoms with E-state index in [4.69, 9.17) is 9.47 Å². The highest BCUT2D eigenvalue weighted by Gasteiger charge is 2.20. The molecule has 0 saturated carbocycles. The number of halogens is 1. The molecule has 2 rings (SSSR count). The summed E-state index contributed by atoms with van der Waals surface area (Å²) in [4.78, 5) is 12.3. The lowest BCUT2D eigenvalue weighted by molar-refractivity contribution is 0.102. The number of methoxy groups -OCH3 is 2. The number of ketones is 1. The lowest BCUT2D eigenvalue weighted by Crippen LogP contribution is -2.10. The maximum absolute atomic E-state index is 13.6. The lowest BCUT2D eigenvalue weighted by atomic mass is 10.1. The van der Waals surface area contributed by atoms with Gasteiger partial charge in [0.2, 0.25) is 5.78 Å². The quantitative estimate of drug-likeness (QED) is 0.790. The van der Waals surface area contributed by atoms with Gasteiger partial charge in [-0.05, 0) is 18.2 Å². The Kier molecular flexibility index (Phi) is 3.50. The van der Waals surface area contributed by atoms with Crippen LogP contribution in [0, 0.1) is 5.82 Å². The van der Waals surface area contributed by atoms with E-state index in [1.807, 2.05) is 0 Å². The molecule has 1 aromatic carbocycles. The number of ether oxygens (including phenoxy) is 2. The van der Waals surface area contributed by atoms with Crippen LogP contribution in [0.2, 0.25) is 0 Å². The smallest absolute Gasteiger partial charge is 0.214 e. The van der Waals surface area contributed by atoms with Crippen LogP contribution in [0.3, 0.4) is 0 Å². The van der Waals surface area contributed by atoms with Crippen LogP contribution >= 0.6 is 0 Å². The van der Waals surface area contributed by atoms with Crippen LogP contribution in [-0.2, 0) is 7.05 Å². The fourth-order valence-electron chi connectivity index (χ4n) is 1.77. The Balaban J connectivity index is 2.44. The molecular formula is C13H13FN2O3. The molecule has 0 unspecified atom stereocenters. The number of carbonyl (C=O) groups is 1. The van der Waals surface area contributed by atoms with Crippen LogP contribution in [0.4, 0.5) is 4.39 Å². The Hall–Kier alpha value is -2.37. The molecule has 1 heterocycles. The molecule has 0 aliphatic heterocycles. The molecule has 0 spiro atoms. The van der Waals surface area contributed by atoms with Crippen molar-refractivity contribution in [3.63, 3.8) is 0 Å². The zero-order chi connectivity index (χ0) is 14.0. The van der Waals surface area contributed by atoms with E-state index in [0.717, 1.165) is 6.07 Å². The Morgan fingerprint density at radius 3 is 2.53 bits per heavy atom. The Morgan fingerprint density at radius 1 is 1.26 bits per heavy atom. The van der Waals surface area contributed by atoms with E-state index in [9.17, 15) is 9.18 Å². The van der Waals surface area contributed by atoms with Crippen molar-refractivity contribution in [2.24, 2.45) is 7.05 Å². The highest BCUT2D eigenvalue weighted by atomic mass is 19.1. The number of benzene rings is 1. The first-order valence-electron chi connectivity index (χ1n) is 5.52. The maximum Gasteiger partial charge on any atom is 0.214 e. The van der Waals surface area contributed by atoms with Crippen molar-refractivity contribution in [1.29, 1.82) is 0 Å². The molecule has 2 aromatic rings. The second-order valence-electron chi connectivity index (χ2n) is 3.86. The monoisotopic (exact) mass is 264 g/mol. The minimum Gasteiger partial charge on any atom is -0.494 e. The summed E-state index contributed by atoms with van der Waals surface area (Å²) in [6, 6.07) is 4.04. The summed E-state index contributed by atoms with van der Waals surface area (Å²) in [7, 11) is 4.43. The van der Waals surface area contributed by atoms with Crippen LogP contribution in [-0.4, -0.2) is 29.8 Å². The van der Waals surface area contributed by atoms with Crippen LogP contribution in [0.25, 0.3) is 0 Å². The third-order valence-corrected chi connectivity index (χ3v) is 2.75. The summed E-state index contributed by atoms with van der Waals surface area (Å²) < 4.78 is 24.9.